The second kappa shape index (κ2) is 8.33. The SMILES string of the molecule is CCCCN1C(=S)N[C@@H](c2ccccn2)[C@H]1c1cc(C)n(-c2ccccn2)c1C. The van der Waals surface area contributed by atoms with Crippen LogP contribution in [-0.2, 0) is 0 Å². The van der Waals surface area contributed by atoms with E-state index in [1.54, 1.807) is 0 Å². The number of rotatable bonds is 6. The molecule has 3 aromatic heterocycles. The van der Waals surface area contributed by atoms with E-state index in [9.17, 15) is 0 Å². The largest absolute Gasteiger partial charge is 0.352 e. The minimum atomic E-state index is 0.0261. The van der Waals surface area contributed by atoms with Gasteiger partial charge in [0.15, 0.2) is 5.11 Å². The van der Waals surface area contributed by atoms with Crippen molar-refractivity contribution < 1.29 is 0 Å². The average molecular weight is 406 g/mol. The van der Waals surface area contributed by atoms with Gasteiger partial charge in [-0.15, -0.1) is 0 Å². The molecule has 1 N–H and O–H groups in total. The molecule has 2 atom stereocenters. The first-order valence-corrected chi connectivity index (χ1v) is 10.6. The number of nitrogens with one attached hydrogen (secondary N) is 1. The molecule has 5 nitrogen and oxygen atoms in total. The number of unbranched alkanes of at least 4 members (excludes halogenated alkanes) is 1. The van der Waals surface area contributed by atoms with Crippen molar-refractivity contribution in [3.63, 3.8) is 0 Å². The molecule has 0 bridgehead atoms. The highest BCUT2D eigenvalue weighted by Crippen LogP contribution is 2.41. The smallest absolute Gasteiger partial charge is 0.170 e. The molecule has 4 heterocycles. The molecule has 1 aliphatic heterocycles. The Hall–Kier alpha value is -2.73. The van der Waals surface area contributed by atoms with Crippen molar-refractivity contribution in [3.05, 3.63) is 77.5 Å². The Kier molecular flexibility index (Phi) is 5.62. The molecule has 1 aliphatic rings. The Balaban J connectivity index is 1.81. The number of hydrogen-bond acceptors (Lipinski definition) is 3. The standard InChI is InChI=1S/C23H27N5S/c1-4-5-14-27-22(21(26-23(27)29)19-10-6-8-12-24-19)18-15-16(2)28(17(18)3)20-11-7-9-13-25-20/h6-13,15,21-22H,4-5,14H2,1-3H3,(H,26,29)/t21-,22+/m0/s1. The zero-order valence-electron chi connectivity index (χ0n) is 17.2. The molecule has 0 amide bonds. The summed E-state index contributed by atoms with van der Waals surface area (Å²) in [5.41, 5.74) is 4.65. The maximum atomic E-state index is 5.75. The van der Waals surface area contributed by atoms with Crippen LogP contribution < -0.4 is 5.32 Å². The molecule has 1 saturated heterocycles. The number of aromatic nitrogens is 3. The summed E-state index contributed by atoms with van der Waals surface area (Å²) in [6.45, 7) is 7.46. The van der Waals surface area contributed by atoms with E-state index in [-0.39, 0.29) is 12.1 Å². The van der Waals surface area contributed by atoms with Gasteiger partial charge in [-0.1, -0.05) is 25.5 Å². The zero-order chi connectivity index (χ0) is 20.4. The molecule has 0 aromatic carbocycles. The highest BCUT2D eigenvalue weighted by molar-refractivity contribution is 7.80. The van der Waals surface area contributed by atoms with Crippen LogP contribution >= 0.6 is 12.2 Å². The Morgan fingerprint density at radius 2 is 1.83 bits per heavy atom. The Morgan fingerprint density at radius 1 is 1.07 bits per heavy atom. The maximum absolute atomic E-state index is 5.75. The summed E-state index contributed by atoms with van der Waals surface area (Å²) in [6.07, 6.45) is 5.92. The van der Waals surface area contributed by atoms with Crippen LogP contribution in [0, 0.1) is 13.8 Å². The van der Waals surface area contributed by atoms with E-state index in [0.29, 0.717) is 0 Å². The Bertz CT molecular complexity index is 983. The van der Waals surface area contributed by atoms with Gasteiger partial charge in [-0.25, -0.2) is 4.98 Å². The molecule has 150 valence electrons. The van der Waals surface area contributed by atoms with Crippen molar-refractivity contribution in [2.45, 2.75) is 45.7 Å². The van der Waals surface area contributed by atoms with E-state index < -0.39 is 0 Å². The summed E-state index contributed by atoms with van der Waals surface area (Å²) in [4.78, 5) is 11.5. The van der Waals surface area contributed by atoms with Gasteiger partial charge < -0.3 is 14.8 Å². The predicted molar refractivity (Wildman–Crippen MR) is 120 cm³/mol. The monoisotopic (exact) mass is 405 g/mol. The summed E-state index contributed by atoms with van der Waals surface area (Å²) in [5.74, 6) is 0.941. The van der Waals surface area contributed by atoms with Crippen molar-refractivity contribution in [3.8, 4) is 5.82 Å². The van der Waals surface area contributed by atoms with Gasteiger partial charge in [0.05, 0.1) is 17.8 Å². The number of aryl methyl sites for hydroxylation is 1. The third kappa shape index (κ3) is 3.65. The lowest BCUT2D eigenvalue weighted by atomic mass is 9.96. The summed E-state index contributed by atoms with van der Waals surface area (Å²) < 4.78 is 2.23. The number of nitrogens with zero attached hydrogens (tertiary/aromatic N) is 4. The van der Waals surface area contributed by atoms with Crippen LogP contribution in [0.5, 0.6) is 0 Å². The lowest BCUT2D eigenvalue weighted by Crippen LogP contribution is -2.30. The second-order valence-corrected chi connectivity index (χ2v) is 7.91. The molecule has 0 saturated carbocycles. The van der Waals surface area contributed by atoms with Crippen molar-refractivity contribution >= 4 is 17.3 Å². The Labute approximate surface area is 177 Å². The first kappa shape index (κ1) is 19.6. The fraction of sp³-hybridized carbons (Fsp3) is 0.348. The quantitative estimate of drug-likeness (QED) is 0.605. The predicted octanol–water partition coefficient (Wildman–Crippen LogP) is 4.66. The van der Waals surface area contributed by atoms with Crippen LogP contribution in [0.25, 0.3) is 5.82 Å². The number of pyridine rings is 2. The molecule has 1 fully saturated rings. The second-order valence-electron chi connectivity index (χ2n) is 7.52. The van der Waals surface area contributed by atoms with Gasteiger partial charge >= 0.3 is 0 Å². The van der Waals surface area contributed by atoms with Crippen molar-refractivity contribution in [2.24, 2.45) is 0 Å². The number of hydrogen-bond donors (Lipinski definition) is 1. The molecular weight excluding hydrogens is 378 g/mol. The summed E-state index contributed by atoms with van der Waals surface area (Å²) in [7, 11) is 0. The molecule has 0 spiro atoms. The normalized spacial score (nSPS) is 18.9. The van der Waals surface area contributed by atoms with E-state index in [1.165, 1.54) is 17.0 Å². The zero-order valence-corrected chi connectivity index (χ0v) is 18.0. The van der Waals surface area contributed by atoms with Gasteiger partial charge in [-0.2, -0.15) is 0 Å². The van der Waals surface area contributed by atoms with E-state index in [0.717, 1.165) is 36.0 Å². The average Bonchev–Trinajstić information content (AvgIpc) is 3.23. The molecule has 6 heteroatoms. The summed E-state index contributed by atoms with van der Waals surface area (Å²) in [6, 6.07) is 14.5. The highest BCUT2D eigenvalue weighted by atomic mass is 32.1. The van der Waals surface area contributed by atoms with Crippen LogP contribution in [0.1, 0.15) is 54.5 Å². The van der Waals surface area contributed by atoms with Crippen LogP contribution in [0.15, 0.2) is 54.9 Å². The van der Waals surface area contributed by atoms with Gasteiger partial charge in [0, 0.05) is 30.3 Å². The van der Waals surface area contributed by atoms with Crippen molar-refractivity contribution in [1.82, 2.24) is 24.8 Å². The topological polar surface area (TPSA) is 46.0 Å². The van der Waals surface area contributed by atoms with Gasteiger partial charge in [0.25, 0.3) is 0 Å². The van der Waals surface area contributed by atoms with Crippen molar-refractivity contribution in [1.29, 1.82) is 0 Å². The minimum absolute atomic E-state index is 0.0261. The third-order valence-corrected chi connectivity index (χ3v) is 5.97. The van der Waals surface area contributed by atoms with Crippen molar-refractivity contribution in [2.75, 3.05) is 6.54 Å². The lowest BCUT2D eigenvalue weighted by molar-refractivity contribution is 0.312. The summed E-state index contributed by atoms with van der Waals surface area (Å²) in [5, 5.41) is 4.35. The fourth-order valence-electron chi connectivity index (χ4n) is 4.24. The van der Waals surface area contributed by atoms with Gasteiger partial charge in [-0.3, -0.25) is 4.98 Å². The van der Waals surface area contributed by atoms with Gasteiger partial charge in [-0.05, 0) is 68.4 Å². The van der Waals surface area contributed by atoms with E-state index >= 15 is 0 Å². The number of thiocarbonyl (C=S) groups is 1. The molecule has 3 aromatic rings. The fourth-order valence-corrected chi connectivity index (χ4v) is 4.57. The van der Waals surface area contributed by atoms with Gasteiger partial charge in [0.2, 0.25) is 0 Å². The highest BCUT2D eigenvalue weighted by Gasteiger charge is 2.41. The van der Waals surface area contributed by atoms with Crippen LogP contribution in [0.3, 0.4) is 0 Å². The lowest BCUT2D eigenvalue weighted by Gasteiger charge is -2.28. The van der Waals surface area contributed by atoms with Gasteiger partial charge in [0.1, 0.15) is 5.82 Å². The van der Waals surface area contributed by atoms with E-state index in [2.05, 4.69) is 57.7 Å². The Morgan fingerprint density at radius 3 is 2.48 bits per heavy atom. The minimum Gasteiger partial charge on any atom is -0.352 e. The molecule has 29 heavy (non-hydrogen) atoms. The molecule has 0 radical (unpaired) electrons. The van der Waals surface area contributed by atoms with Crippen LogP contribution in [0.4, 0.5) is 0 Å². The molecular formula is C23H27N5S. The molecule has 0 aliphatic carbocycles. The summed E-state index contributed by atoms with van der Waals surface area (Å²) >= 11 is 5.75. The van der Waals surface area contributed by atoms with Crippen LogP contribution in [-0.4, -0.2) is 31.1 Å². The first-order valence-electron chi connectivity index (χ1n) is 10.2. The molecule has 0 unspecified atom stereocenters. The maximum Gasteiger partial charge on any atom is 0.170 e. The molecule has 4 rings (SSSR count). The first-order chi connectivity index (χ1) is 14.1. The van der Waals surface area contributed by atoms with Crippen LogP contribution in [0.2, 0.25) is 0 Å². The van der Waals surface area contributed by atoms with E-state index in [1.807, 2.05) is 42.7 Å². The van der Waals surface area contributed by atoms with E-state index in [4.69, 9.17) is 12.2 Å². The third-order valence-electron chi connectivity index (χ3n) is 5.62.